The van der Waals surface area contributed by atoms with Crippen molar-refractivity contribution in [2.45, 2.75) is 25.4 Å². The largest absolute Gasteiger partial charge is 0.480 e. The number of carbonyl (C=O) groups excluding carboxylic acids is 2. The second kappa shape index (κ2) is 7.19. The van der Waals surface area contributed by atoms with Crippen molar-refractivity contribution >= 4 is 17.8 Å². The molecule has 0 radical (unpaired) electrons. The van der Waals surface area contributed by atoms with E-state index in [4.69, 9.17) is 16.6 Å². The van der Waals surface area contributed by atoms with Gasteiger partial charge in [0.2, 0.25) is 5.91 Å². The summed E-state index contributed by atoms with van der Waals surface area (Å²) in [5.74, 6) is -2.42. The number of carboxylic acid groups (broad SMARTS) is 1. The monoisotopic (exact) mass is 280 g/mol. The molecule has 8 nitrogen and oxygen atoms in total. The van der Waals surface area contributed by atoms with Gasteiger partial charge in [0, 0.05) is 24.7 Å². The predicted molar refractivity (Wildman–Crippen MR) is 69.4 cm³/mol. The third-order valence-corrected chi connectivity index (χ3v) is 2.57. The molecule has 0 saturated carbocycles. The summed E-state index contributed by atoms with van der Waals surface area (Å²) in [7, 11) is 0. The minimum Gasteiger partial charge on any atom is -0.480 e. The normalized spacial score (nSPS) is 11.7. The Labute approximate surface area is 115 Å². The Morgan fingerprint density at radius 3 is 2.65 bits per heavy atom. The SMILES string of the molecule is NCc1cc(C(=O)N[C@H](CCC(N)=O)C(=O)O)ccn1. The molecule has 0 aromatic carbocycles. The van der Waals surface area contributed by atoms with E-state index < -0.39 is 23.8 Å². The average Bonchev–Trinajstić information content (AvgIpc) is 2.42. The van der Waals surface area contributed by atoms with Crippen molar-refractivity contribution < 1.29 is 19.5 Å². The first kappa shape index (κ1) is 15.6. The summed E-state index contributed by atoms with van der Waals surface area (Å²) in [5, 5.41) is 11.3. The molecule has 8 heteroatoms. The van der Waals surface area contributed by atoms with Gasteiger partial charge >= 0.3 is 5.97 Å². The van der Waals surface area contributed by atoms with E-state index in [1.807, 2.05) is 0 Å². The summed E-state index contributed by atoms with van der Waals surface area (Å²) in [6.45, 7) is 0.172. The quantitative estimate of drug-likeness (QED) is 0.502. The number of carboxylic acids is 1. The van der Waals surface area contributed by atoms with Crippen molar-refractivity contribution in [1.82, 2.24) is 10.3 Å². The summed E-state index contributed by atoms with van der Waals surface area (Å²) < 4.78 is 0. The molecule has 1 atom stereocenters. The summed E-state index contributed by atoms with van der Waals surface area (Å²) in [6.07, 6.45) is 1.23. The Bertz CT molecular complexity index is 518. The summed E-state index contributed by atoms with van der Waals surface area (Å²) in [5.41, 5.74) is 11.1. The van der Waals surface area contributed by atoms with Crippen LogP contribution in [0.4, 0.5) is 0 Å². The maximum atomic E-state index is 11.9. The van der Waals surface area contributed by atoms with Gasteiger partial charge in [-0.3, -0.25) is 14.6 Å². The van der Waals surface area contributed by atoms with E-state index in [2.05, 4.69) is 10.3 Å². The van der Waals surface area contributed by atoms with E-state index in [-0.39, 0.29) is 24.9 Å². The molecule has 0 spiro atoms. The van der Waals surface area contributed by atoms with E-state index in [0.29, 0.717) is 5.69 Å². The fourth-order valence-electron chi connectivity index (χ4n) is 1.52. The molecule has 0 fully saturated rings. The van der Waals surface area contributed by atoms with E-state index in [1.54, 1.807) is 0 Å². The Hall–Kier alpha value is -2.48. The fraction of sp³-hybridized carbons (Fsp3) is 0.333. The number of hydrogen-bond acceptors (Lipinski definition) is 5. The molecule has 0 aliphatic heterocycles. The minimum absolute atomic E-state index is 0.0642. The fourth-order valence-corrected chi connectivity index (χ4v) is 1.52. The van der Waals surface area contributed by atoms with Crippen LogP contribution in [0.25, 0.3) is 0 Å². The lowest BCUT2D eigenvalue weighted by molar-refractivity contribution is -0.139. The Balaban J connectivity index is 2.74. The molecule has 20 heavy (non-hydrogen) atoms. The smallest absolute Gasteiger partial charge is 0.326 e. The first-order valence-electron chi connectivity index (χ1n) is 5.91. The second-order valence-corrected chi connectivity index (χ2v) is 4.11. The number of rotatable bonds is 7. The lowest BCUT2D eigenvalue weighted by Gasteiger charge is -2.13. The maximum Gasteiger partial charge on any atom is 0.326 e. The molecule has 0 aliphatic carbocycles. The lowest BCUT2D eigenvalue weighted by Crippen LogP contribution is -2.41. The van der Waals surface area contributed by atoms with Crippen molar-refractivity contribution in [2.75, 3.05) is 0 Å². The zero-order valence-corrected chi connectivity index (χ0v) is 10.7. The van der Waals surface area contributed by atoms with Crippen LogP contribution in [-0.2, 0) is 16.1 Å². The van der Waals surface area contributed by atoms with Crippen molar-refractivity contribution in [2.24, 2.45) is 11.5 Å². The highest BCUT2D eigenvalue weighted by Gasteiger charge is 2.21. The number of pyridine rings is 1. The first-order chi connectivity index (χ1) is 9.43. The molecular formula is C12H16N4O4. The molecule has 108 valence electrons. The van der Waals surface area contributed by atoms with Gasteiger partial charge in [-0.2, -0.15) is 0 Å². The van der Waals surface area contributed by atoms with Crippen LogP contribution < -0.4 is 16.8 Å². The van der Waals surface area contributed by atoms with Crippen LogP contribution >= 0.6 is 0 Å². The van der Waals surface area contributed by atoms with Gasteiger partial charge in [0.05, 0.1) is 5.69 Å². The number of carbonyl (C=O) groups is 3. The number of aliphatic carboxylic acids is 1. The molecule has 6 N–H and O–H groups in total. The first-order valence-corrected chi connectivity index (χ1v) is 5.91. The molecule has 1 aromatic rings. The summed E-state index contributed by atoms with van der Waals surface area (Å²) >= 11 is 0. The number of aromatic nitrogens is 1. The van der Waals surface area contributed by atoms with Crippen LogP contribution in [0.15, 0.2) is 18.3 Å². The van der Waals surface area contributed by atoms with Gasteiger partial charge in [-0.15, -0.1) is 0 Å². The highest BCUT2D eigenvalue weighted by molar-refractivity contribution is 5.96. The van der Waals surface area contributed by atoms with Gasteiger partial charge in [0.25, 0.3) is 5.91 Å². The van der Waals surface area contributed by atoms with Gasteiger partial charge in [-0.1, -0.05) is 0 Å². The van der Waals surface area contributed by atoms with Gasteiger partial charge in [0.1, 0.15) is 6.04 Å². The average molecular weight is 280 g/mol. The third-order valence-electron chi connectivity index (χ3n) is 2.57. The van der Waals surface area contributed by atoms with Gasteiger partial charge in [-0.25, -0.2) is 4.79 Å². The number of nitrogens with zero attached hydrogens (tertiary/aromatic N) is 1. The van der Waals surface area contributed by atoms with Crippen LogP contribution in [0.2, 0.25) is 0 Å². The summed E-state index contributed by atoms with van der Waals surface area (Å²) in [6, 6.07) is 1.74. The second-order valence-electron chi connectivity index (χ2n) is 4.11. The van der Waals surface area contributed by atoms with Crippen molar-refractivity contribution in [3.8, 4) is 0 Å². The van der Waals surface area contributed by atoms with Crippen LogP contribution in [0.1, 0.15) is 28.9 Å². The van der Waals surface area contributed by atoms with Crippen molar-refractivity contribution in [1.29, 1.82) is 0 Å². The van der Waals surface area contributed by atoms with Gasteiger partial charge in [0.15, 0.2) is 0 Å². The molecule has 2 amide bonds. The van der Waals surface area contributed by atoms with Crippen molar-refractivity contribution in [3.05, 3.63) is 29.6 Å². The zero-order valence-electron chi connectivity index (χ0n) is 10.7. The number of nitrogens with one attached hydrogen (secondary N) is 1. The Morgan fingerprint density at radius 1 is 1.40 bits per heavy atom. The zero-order chi connectivity index (χ0) is 15.1. The van der Waals surface area contributed by atoms with Gasteiger partial charge in [-0.05, 0) is 18.6 Å². The predicted octanol–water partition coefficient (Wildman–Crippen LogP) is -1.01. The lowest BCUT2D eigenvalue weighted by atomic mass is 10.1. The van der Waals surface area contributed by atoms with E-state index in [0.717, 1.165) is 0 Å². The van der Waals surface area contributed by atoms with Crippen LogP contribution in [0.3, 0.4) is 0 Å². The molecule has 1 rings (SSSR count). The van der Waals surface area contributed by atoms with E-state index >= 15 is 0 Å². The standard InChI is InChI=1S/C12H16N4O4/c13-6-8-5-7(3-4-15-8)11(18)16-9(12(19)20)1-2-10(14)17/h3-5,9H,1-2,6,13H2,(H2,14,17)(H,16,18)(H,19,20)/t9-/m1/s1. The molecule has 1 heterocycles. The molecule has 0 bridgehead atoms. The van der Waals surface area contributed by atoms with Crippen LogP contribution in [0, 0.1) is 0 Å². The summed E-state index contributed by atoms with van der Waals surface area (Å²) in [4.78, 5) is 37.5. The van der Waals surface area contributed by atoms with E-state index in [9.17, 15) is 14.4 Å². The topological polar surface area (TPSA) is 148 Å². The number of hydrogen-bond donors (Lipinski definition) is 4. The molecular weight excluding hydrogens is 264 g/mol. The highest BCUT2D eigenvalue weighted by Crippen LogP contribution is 2.04. The van der Waals surface area contributed by atoms with Crippen LogP contribution in [-0.4, -0.2) is 33.9 Å². The van der Waals surface area contributed by atoms with Crippen LogP contribution in [0.5, 0.6) is 0 Å². The van der Waals surface area contributed by atoms with Gasteiger partial charge < -0.3 is 21.9 Å². The third kappa shape index (κ3) is 4.65. The van der Waals surface area contributed by atoms with Crippen molar-refractivity contribution in [3.63, 3.8) is 0 Å². The Kier molecular flexibility index (Phi) is 5.60. The minimum atomic E-state index is -1.23. The van der Waals surface area contributed by atoms with E-state index in [1.165, 1.54) is 18.3 Å². The molecule has 0 aliphatic rings. The number of primary amides is 1. The molecule has 1 aromatic heterocycles. The highest BCUT2D eigenvalue weighted by atomic mass is 16.4. The number of amides is 2. The molecule has 0 unspecified atom stereocenters. The Morgan fingerprint density at radius 2 is 2.10 bits per heavy atom. The molecule has 0 saturated heterocycles. The number of nitrogens with two attached hydrogens (primary N) is 2. The maximum absolute atomic E-state index is 11.9.